The predicted molar refractivity (Wildman–Crippen MR) is 142 cm³/mol. The molecule has 1 saturated heterocycles. The van der Waals surface area contributed by atoms with Gasteiger partial charge >= 0.3 is 0 Å². The van der Waals surface area contributed by atoms with Crippen LogP contribution in [0.2, 0.25) is 10.0 Å². The molecule has 0 aliphatic carbocycles. The van der Waals surface area contributed by atoms with E-state index in [0.717, 1.165) is 64.1 Å². The second-order valence-corrected chi connectivity index (χ2v) is 10.8. The highest BCUT2D eigenvalue weighted by Gasteiger charge is 2.27. The van der Waals surface area contributed by atoms with Crippen molar-refractivity contribution in [3.63, 3.8) is 0 Å². The first-order valence-corrected chi connectivity index (χ1v) is 12.9. The fraction of sp³-hybridized carbons (Fsp3) is 0.320. The van der Waals surface area contributed by atoms with Gasteiger partial charge in [-0.05, 0) is 49.6 Å². The molecule has 5 rings (SSSR count). The maximum atomic E-state index is 6.46. The molecular formula is C25H26Cl2N6OS. The number of benzene rings is 2. The molecule has 4 aromatic rings. The van der Waals surface area contributed by atoms with Crippen LogP contribution in [0.4, 0.5) is 5.82 Å². The highest BCUT2D eigenvalue weighted by molar-refractivity contribution is 7.99. The average molecular weight is 529 g/mol. The Morgan fingerprint density at radius 3 is 2.57 bits per heavy atom. The second kappa shape index (κ2) is 9.85. The Hall–Kier alpha value is -2.52. The van der Waals surface area contributed by atoms with Crippen LogP contribution in [0.3, 0.4) is 0 Å². The lowest BCUT2D eigenvalue weighted by Crippen LogP contribution is -2.48. The Bertz CT molecular complexity index is 1350. The highest BCUT2D eigenvalue weighted by Crippen LogP contribution is 2.39. The van der Waals surface area contributed by atoms with Crippen molar-refractivity contribution in [3.8, 4) is 5.75 Å². The minimum absolute atomic E-state index is 0.135. The lowest BCUT2D eigenvalue weighted by atomic mass is 9.91. The fourth-order valence-corrected chi connectivity index (χ4v) is 5.46. The van der Waals surface area contributed by atoms with E-state index in [1.807, 2.05) is 47.3 Å². The van der Waals surface area contributed by atoms with E-state index in [9.17, 15) is 0 Å². The number of hydrogen-bond donors (Lipinski definition) is 1. The number of fused-ring (bicyclic) bond motifs is 1. The number of nitrogens with zero attached hydrogens (tertiary/aromatic N) is 5. The molecule has 35 heavy (non-hydrogen) atoms. The third-order valence-electron chi connectivity index (χ3n) is 6.24. The number of piperidine rings is 1. The van der Waals surface area contributed by atoms with Gasteiger partial charge in [-0.25, -0.2) is 14.6 Å². The first-order valence-electron chi connectivity index (χ1n) is 11.4. The zero-order valence-electron chi connectivity index (χ0n) is 19.5. The summed E-state index contributed by atoms with van der Waals surface area (Å²) in [6, 6.07) is 13.5. The Kier molecular flexibility index (Phi) is 6.81. The summed E-state index contributed by atoms with van der Waals surface area (Å²) < 4.78 is 7.19. The second-order valence-electron chi connectivity index (χ2n) is 9.01. The van der Waals surface area contributed by atoms with Crippen LogP contribution in [0.5, 0.6) is 5.75 Å². The maximum Gasteiger partial charge on any atom is 0.180 e. The summed E-state index contributed by atoms with van der Waals surface area (Å²) >= 11 is 14.1. The van der Waals surface area contributed by atoms with Gasteiger partial charge < -0.3 is 15.4 Å². The zero-order chi connectivity index (χ0) is 24.6. The van der Waals surface area contributed by atoms with Crippen LogP contribution in [-0.4, -0.2) is 45.5 Å². The number of anilines is 1. The Balaban J connectivity index is 1.53. The summed E-state index contributed by atoms with van der Waals surface area (Å²) in [6.07, 6.45) is 3.64. The van der Waals surface area contributed by atoms with Crippen LogP contribution in [0.1, 0.15) is 25.3 Å². The van der Waals surface area contributed by atoms with E-state index in [2.05, 4.69) is 11.8 Å². The Morgan fingerprint density at radius 1 is 1.11 bits per heavy atom. The Labute approximate surface area is 218 Å². The summed E-state index contributed by atoms with van der Waals surface area (Å²) in [7, 11) is 1.66. The molecule has 0 saturated carbocycles. The summed E-state index contributed by atoms with van der Waals surface area (Å²) in [4.78, 5) is 12.9. The first kappa shape index (κ1) is 24.2. The molecule has 0 unspecified atom stereocenters. The monoisotopic (exact) mass is 528 g/mol. The summed E-state index contributed by atoms with van der Waals surface area (Å²) in [5.74, 6) is 1.64. The van der Waals surface area contributed by atoms with Crippen LogP contribution < -0.4 is 15.4 Å². The molecule has 0 bridgehead atoms. The van der Waals surface area contributed by atoms with Crippen molar-refractivity contribution < 1.29 is 4.74 Å². The molecule has 7 nitrogen and oxygen atoms in total. The molecule has 3 heterocycles. The van der Waals surface area contributed by atoms with Crippen LogP contribution in [0, 0.1) is 0 Å². The lowest BCUT2D eigenvalue weighted by molar-refractivity contribution is 0.363. The number of rotatable bonds is 6. The van der Waals surface area contributed by atoms with Gasteiger partial charge in [-0.15, -0.1) is 0 Å². The van der Waals surface area contributed by atoms with Crippen molar-refractivity contribution in [1.29, 1.82) is 0 Å². The molecule has 0 radical (unpaired) electrons. The molecule has 1 aliphatic heterocycles. The molecule has 2 aromatic heterocycles. The van der Waals surface area contributed by atoms with E-state index < -0.39 is 0 Å². The highest BCUT2D eigenvalue weighted by atomic mass is 35.5. The van der Waals surface area contributed by atoms with Crippen LogP contribution in [0.15, 0.2) is 58.6 Å². The van der Waals surface area contributed by atoms with Gasteiger partial charge in [0, 0.05) is 23.5 Å². The van der Waals surface area contributed by atoms with Crippen LogP contribution in [0.25, 0.3) is 11.2 Å². The van der Waals surface area contributed by atoms with Crippen molar-refractivity contribution in [2.24, 2.45) is 5.73 Å². The topological polar surface area (TPSA) is 82.1 Å². The van der Waals surface area contributed by atoms with Gasteiger partial charge in [0.25, 0.3) is 0 Å². The van der Waals surface area contributed by atoms with Gasteiger partial charge in [0.05, 0.1) is 29.9 Å². The van der Waals surface area contributed by atoms with Gasteiger partial charge in [-0.2, -0.15) is 5.10 Å². The largest absolute Gasteiger partial charge is 0.497 e. The van der Waals surface area contributed by atoms with E-state index in [-0.39, 0.29) is 5.54 Å². The van der Waals surface area contributed by atoms with Crippen LogP contribution >= 0.6 is 35.0 Å². The normalized spacial score (nSPS) is 15.5. The molecule has 0 atom stereocenters. The van der Waals surface area contributed by atoms with E-state index in [0.29, 0.717) is 16.6 Å². The number of nitrogens with two attached hydrogens (primary N) is 1. The summed E-state index contributed by atoms with van der Waals surface area (Å²) in [5, 5.41) is 6.62. The van der Waals surface area contributed by atoms with Crippen molar-refractivity contribution in [3.05, 3.63) is 64.3 Å². The quantitative estimate of drug-likeness (QED) is 0.345. The molecule has 1 fully saturated rings. The smallest absolute Gasteiger partial charge is 0.180 e. The lowest BCUT2D eigenvalue weighted by Gasteiger charge is -2.37. The minimum Gasteiger partial charge on any atom is -0.497 e. The number of methoxy groups -OCH3 is 1. The zero-order valence-corrected chi connectivity index (χ0v) is 21.9. The van der Waals surface area contributed by atoms with E-state index in [1.54, 1.807) is 13.2 Å². The molecule has 10 heteroatoms. The fourth-order valence-electron chi connectivity index (χ4n) is 4.05. The number of aromatic nitrogens is 4. The summed E-state index contributed by atoms with van der Waals surface area (Å²) in [5.41, 5.74) is 8.72. The SMILES string of the molecule is COc1ccc(Cn2nc(Sc3cccc(Cl)c3Cl)c3ncc(N4CCC(C)(N)CC4)nc32)cc1. The summed E-state index contributed by atoms with van der Waals surface area (Å²) in [6.45, 7) is 4.34. The van der Waals surface area contributed by atoms with E-state index >= 15 is 0 Å². The molecule has 2 N–H and O–H groups in total. The third-order valence-corrected chi connectivity index (χ3v) is 8.20. The van der Waals surface area contributed by atoms with Gasteiger partial charge in [0.2, 0.25) is 0 Å². The molecule has 1 aliphatic rings. The Morgan fingerprint density at radius 2 is 1.86 bits per heavy atom. The van der Waals surface area contributed by atoms with Gasteiger partial charge in [0.1, 0.15) is 17.1 Å². The minimum atomic E-state index is -0.135. The van der Waals surface area contributed by atoms with Gasteiger partial charge in [0.15, 0.2) is 10.7 Å². The molecule has 0 amide bonds. The molecule has 2 aromatic carbocycles. The number of halogens is 2. The third kappa shape index (κ3) is 5.21. The van der Waals surface area contributed by atoms with Crippen molar-refractivity contribution in [2.45, 2.75) is 41.8 Å². The van der Waals surface area contributed by atoms with Crippen LogP contribution in [-0.2, 0) is 6.54 Å². The molecular weight excluding hydrogens is 503 g/mol. The molecule has 182 valence electrons. The number of ether oxygens (including phenoxy) is 1. The van der Waals surface area contributed by atoms with Gasteiger partial charge in [-0.1, -0.05) is 53.2 Å². The first-order chi connectivity index (χ1) is 16.8. The van der Waals surface area contributed by atoms with Crippen molar-refractivity contribution in [2.75, 3.05) is 25.1 Å². The van der Waals surface area contributed by atoms with E-state index in [4.69, 9.17) is 48.7 Å². The van der Waals surface area contributed by atoms with E-state index in [1.165, 1.54) is 11.8 Å². The predicted octanol–water partition coefficient (Wildman–Crippen LogP) is 5.66. The van der Waals surface area contributed by atoms with Crippen molar-refractivity contribution in [1.82, 2.24) is 19.7 Å². The van der Waals surface area contributed by atoms with Crippen molar-refractivity contribution >= 4 is 51.9 Å². The van der Waals surface area contributed by atoms with Gasteiger partial charge in [-0.3, -0.25) is 0 Å². The standard InChI is InChI=1S/C25H26Cl2N6OS/c1-25(28)10-12-32(13-11-25)20-14-29-22-23(30-20)33(15-16-6-8-17(34-2)9-7-16)31-24(22)35-19-5-3-4-18(26)21(19)27/h3-9,14H,10-13,15,28H2,1-2H3. The average Bonchev–Trinajstić information content (AvgIpc) is 3.18. The maximum absolute atomic E-state index is 6.46. The number of hydrogen-bond acceptors (Lipinski definition) is 7. The molecule has 0 spiro atoms.